The molecule has 0 aliphatic heterocycles. The molecule has 3 nitrogen and oxygen atoms in total. The van der Waals surface area contributed by atoms with Gasteiger partial charge in [0.05, 0.1) is 10.2 Å². The van der Waals surface area contributed by atoms with Crippen LogP contribution >= 0.6 is 11.3 Å². The van der Waals surface area contributed by atoms with Crippen LogP contribution in [0.3, 0.4) is 0 Å². The molecule has 0 saturated heterocycles. The number of aromatic nitrogens is 2. The lowest BCUT2D eigenvalue weighted by molar-refractivity contribution is 0.691. The van der Waals surface area contributed by atoms with Crippen molar-refractivity contribution in [3.63, 3.8) is 0 Å². The second-order valence-electron chi connectivity index (χ2n) is 3.90. The van der Waals surface area contributed by atoms with Gasteiger partial charge in [-0.15, -0.1) is 11.3 Å². The van der Waals surface area contributed by atoms with E-state index in [-0.39, 0.29) is 0 Å². The lowest BCUT2D eigenvalue weighted by atomic mass is 10.3. The fourth-order valence-corrected chi connectivity index (χ4v) is 2.71. The summed E-state index contributed by atoms with van der Waals surface area (Å²) in [4.78, 5) is 7.63. The monoisotopic (exact) mass is 243 g/mol. The van der Waals surface area contributed by atoms with Gasteiger partial charge in [-0.1, -0.05) is 12.1 Å². The summed E-state index contributed by atoms with van der Waals surface area (Å²) in [7, 11) is 0. The van der Waals surface area contributed by atoms with E-state index < -0.39 is 0 Å². The largest absolute Gasteiger partial charge is 0.367 e. The van der Waals surface area contributed by atoms with Crippen molar-refractivity contribution in [2.24, 2.45) is 0 Å². The molecule has 0 amide bonds. The van der Waals surface area contributed by atoms with Crippen LogP contribution in [0.15, 0.2) is 42.7 Å². The first-order valence-corrected chi connectivity index (χ1v) is 6.40. The standard InChI is InChI=1S/C13H13N3S/c1-2-4-12-11(3-1)16-13(17-12)9-15-8-10-5-6-14-7-10/h1-7,14-15H,8-9H2. The SMILES string of the molecule is c1ccc2sc(CNCc3cc[nH]c3)nc2c1. The molecule has 0 fully saturated rings. The first kappa shape index (κ1) is 10.5. The molecule has 1 aromatic carbocycles. The van der Waals surface area contributed by atoms with Gasteiger partial charge in [0.1, 0.15) is 5.01 Å². The Morgan fingerprint density at radius 2 is 2.12 bits per heavy atom. The second kappa shape index (κ2) is 4.69. The van der Waals surface area contributed by atoms with Gasteiger partial charge in [-0.05, 0) is 23.8 Å². The van der Waals surface area contributed by atoms with E-state index in [4.69, 9.17) is 0 Å². The number of rotatable bonds is 4. The highest BCUT2D eigenvalue weighted by molar-refractivity contribution is 7.18. The maximum atomic E-state index is 4.58. The smallest absolute Gasteiger partial charge is 0.108 e. The van der Waals surface area contributed by atoms with Gasteiger partial charge in [0, 0.05) is 25.5 Å². The normalized spacial score (nSPS) is 11.1. The van der Waals surface area contributed by atoms with Crippen LogP contribution in [0.2, 0.25) is 0 Å². The number of thiazole rings is 1. The van der Waals surface area contributed by atoms with Crippen molar-refractivity contribution in [2.45, 2.75) is 13.1 Å². The minimum atomic E-state index is 0.824. The van der Waals surface area contributed by atoms with Crippen LogP contribution in [0.1, 0.15) is 10.6 Å². The summed E-state index contributed by atoms with van der Waals surface area (Å²) in [6.07, 6.45) is 3.94. The Bertz CT molecular complexity index is 565. The highest BCUT2D eigenvalue weighted by Gasteiger charge is 2.02. The third kappa shape index (κ3) is 2.38. The van der Waals surface area contributed by atoms with E-state index in [1.54, 1.807) is 11.3 Å². The Kier molecular flexibility index (Phi) is 2.90. The van der Waals surface area contributed by atoms with Gasteiger partial charge >= 0.3 is 0 Å². The van der Waals surface area contributed by atoms with Crippen molar-refractivity contribution >= 4 is 21.6 Å². The Balaban J connectivity index is 1.65. The number of nitrogens with one attached hydrogen (secondary N) is 2. The predicted molar refractivity (Wildman–Crippen MR) is 71.0 cm³/mol. The molecule has 0 atom stereocenters. The number of aromatic amines is 1. The average molecular weight is 243 g/mol. The van der Waals surface area contributed by atoms with Gasteiger partial charge in [0.15, 0.2) is 0 Å². The first-order valence-electron chi connectivity index (χ1n) is 5.59. The van der Waals surface area contributed by atoms with Crippen molar-refractivity contribution in [3.05, 3.63) is 53.3 Å². The van der Waals surface area contributed by atoms with Gasteiger partial charge in [0.2, 0.25) is 0 Å². The molecule has 0 aliphatic carbocycles. The number of fused-ring (bicyclic) bond motifs is 1. The molecular weight excluding hydrogens is 230 g/mol. The topological polar surface area (TPSA) is 40.7 Å². The fraction of sp³-hybridized carbons (Fsp3) is 0.154. The lowest BCUT2D eigenvalue weighted by Gasteiger charge is -1.98. The van der Waals surface area contributed by atoms with Crippen LogP contribution in [-0.2, 0) is 13.1 Å². The van der Waals surface area contributed by atoms with E-state index in [0.717, 1.165) is 23.6 Å². The summed E-state index contributed by atoms with van der Waals surface area (Å²) in [5.41, 5.74) is 2.36. The third-order valence-corrected chi connectivity index (χ3v) is 3.64. The molecular formula is C13H13N3S. The molecule has 0 radical (unpaired) electrons. The van der Waals surface area contributed by atoms with Gasteiger partial charge < -0.3 is 10.3 Å². The van der Waals surface area contributed by atoms with Gasteiger partial charge in [-0.25, -0.2) is 4.98 Å². The molecule has 0 unspecified atom stereocenters. The molecule has 3 rings (SSSR count). The zero-order valence-corrected chi connectivity index (χ0v) is 10.1. The summed E-state index contributed by atoms with van der Waals surface area (Å²) in [6.45, 7) is 1.70. The van der Waals surface area contributed by atoms with E-state index >= 15 is 0 Å². The number of para-hydroxylation sites is 1. The molecule has 0 spiro atoms. The average Bonchev–Trinajstić information content (AvgIpc) is 2.96. The Labute approximate surface area is 104 Å². The molecule has 17 heavy (non-hydrogen) atoms. The molecule has 86 valence electrons. The minimum Gasteiger partial charge on any atom is -0.367 e. The van der Waals surface area contributed by atoms with E-state index in [1.165, 1.54) is 10.3 Å². The molecule has 0 saturated carbocycles. The molecule has 4 heteroatoms. The number of benzene rings is 1. The Hall–Kier alpha value is -1.65. The van der Waals surface area contributed by atoms with Crippen LogP contribution in [0.5, 0.6) is 0 Å². The van der Waals surface area contributed by atoms with Crippen molar-refractivity contribution < 1.29 is 0 Å². The van der Waals surface area contributed by atoms with Crippen LogP contribution in [0, 0.1) is 0 Å². The summed E-state index contributed by atoms with van der Waals surface area (Å²) < 4.78 is 1.26. The van der Waals surface area contributed by atoms with Crippen molar-refractivity contribution in [2.75, 3.05) is 0 Å². The first-order chi connectivity index (χ1) is 8.42. The number of nitrogens with zero attached hydrogens (tertiary/aromatic N) is 1. The van der Waals surface area contributed by atoms with Crippen molar-refractivity contribution in [1.82, 2.24) is 15.3 Å². The zero-order chi connectivity index (χ0) is 11.5. The quantitative estimate of drug-likeness (QED) is 0.739. The van der Waals surface area contributed by atoms with Crippen LogP contribution in [0.4, 0.5) is 0 Å². The molecule has 2 aromatic heterocycles. The molecule has 0 aliphatic rings. The summed E-state index contributed by atoms with van der Waals surface area (Å²) in [5.74, 6) is 0. The van der Waals surface area contributed by atoms with E-state index in [1.807, 2.05) is 18.5 Å². The molecule has 0 bridgehead atoms. The zero-order valence-electron chi connectivity index (χ0n) is 9.31. The molecule has 3 aromatic rings. The Morgan fingerprint density at radius 3 is 2.94 bits per heavy atom. The van der Waals surface area contributed by atoms with Gasteiger partial charge in [-0.3, -0.25) is 0 Å². The summed E-state index contributed by atoms with van der Waals surface area (Å²) in [5, 5.41) is 4.53. The van der Waals surface area contributed by atoms with Crippen LogP contribution in [0.25, 0.3) is 10.2 Å². The maximum Gasteiger partial charge on any atom is 0.108 e. The van der Waals surface area contributed by atoms with Gasteiger partial charge in [0.25, 0.3) is 0 Å². The highest BCUT2D eigenvalue weighted by Crippen LogP contribution is 2.21. The van der Waals surface area contributed by atoms with E-state index in [2.05, 4.69) is 39.6 Å². The summed E-state index contributed by atoms with van der Waals surface area (Å²) in [6, 6.07) is 10.3. The highest BCUT2D eigenvalue weighted by atomic mass is 32.1. The van der Waals surface area contributed by atoms with Crippen LogP contribution < -0.4 is 5.32 Å². The maximum absolute atomic E-state index is 4.58. The third-order valence-electron chi connectivity index (χ3n) is 2.61. The van der Waals surface area contributed by atoms with E-state index in [0.29, 0.717) is 0 Å². The van der Waals surface area contributed by atoms with Crippen LogP contribution in [-0.4, -0.2) is 9.97 Å². The summed E-state index contributed by atoms with van der Waals surface area (Å²) >= 11 is 1.75. The second-order valence-corrected chi connectivity index (χ2v) is 5.01. The molecule has 2 heterocycles. The van der Waals surface area contributed by atoms with Gasteiger partial charge in [-0.2, -0.15) is 0 Å². The van der Waals surface area contributed by atoms with E-state index in [9.17, 15) is 0 Å². The van der Waals surface area contributed by atoms with Crippen molar-refractivity contribution in [3.8, 4) is 0 Å². The number of hydrogen-bond acceptors (Lipinski definition) is 3. The lowest BCUT2D eigenvalue weighted by Crippen LogP contribution is -2.11. The van der Waals surface area contributed by atoms with Crippen molar-refractivity contribution in [1.29, 1.82) is 0 Å². The Morgan fingerprint density at radius 1 is 1.18 bits per heavy atom. The number of H-pyrrole nitrogens is 1. The molecule has 2 N–H and O–H groups in total. The minimum absolute atomic E-state index is 0.824. The fourth-order valence-electron chi connectivity index (χ4n) is 1.78. The predicted octanol–water partition coefficient (Wildman–Crippen LogP) is 2.91. The number of hydrogen-bond donors (Lipinski definition) is 2.